The van der Waals surface area contributed by atoms with E-state index in [0.717, 1.165) is 18.7 Å². The molecule has 4 aliphatic rings. The molecule has 4 aliphatic heterocycles. The van der Waals surface area contributed by atoms with Crippen LogP contribution < -0.4 is 16.0 Å². The lowest BCUT2D eigenvalue weighted by Crippen LogP contribution is -2.59. The maximum Gasteiger partial charge on any atom is 0.328 e. The number of ether oxygens (including phenoxy) is 2. The number of nitrogens with one attached hydrogen (secondary N) is 3. The maximum atomic E-state index is 14.6. The van der Waals surface area contributed by atoms with Crippen LogP contribution in [0.15, 0.2) is 65.7 Å². The molecule has 3 fully saturated rings. The van der Waals surface area contributed by atoms with E-state index < -0.39 is 78.4 Å². The molecular weight excluding hydrogens is 773 g/mol. The first-order valence-corrected chi connectivity index (χ1v) is 20.8. The van der Waals surface area contributed by atoms with Gasteiger partial charge in [0.05, 0.1) is 13.2 Å². The largest absolute Gasteiger partial charge is 0.461 e. The zero-order valence-electron chi connectivity index (χ0n) is 34.5. The fourth-order valence-corrected chi connectivity index (χ4v) is 8.30. The molecule has 0 spiro atoms. The van der Waals surface area contributed by atoms with Crippen molar-refractivity contribution >= 4 is 52.9 Å². The number of cyclic esters (lactones) is 1. The summed E-state index contributed by atoms with van der Waals surface area (Å²) in [4.78, 5) is 109. The molecule has 0 aliphatic carbocycles. The van der Waals surface area contributed by atoms with E-state index in [1.807, 2.05) is 13.0 Å². The first kappa shape index (κ1) is 43.9. The second-order valence-electron chi connectivity index (χ2n) is 16.0. The monoisotopic (exact) mass is 828 g/mol. The standard InChI is InChI=1S/C43H56N8O9/c1-28-24-36-42(57)60-27-33(46-37(52)32(25-30-12-6-4-7-13-30)47-43(58)45-31-14-8-5-9-15-31)40(55)50-19-11-17-35(50)41(56)48(3)34(16-10-18-49-20-22-59-23-21-49)38(53)44-29(2)39(54)51(36)26-28/h4-9,12-15,28,32-36H,10-11,16-27H2,1-3H3,(H,46,52)(H2,45,47,58)/t28-,32+,33+,34+,35+,36+/m1/s1. The van der Waals surface area contributed by atoms with E-state index in [2.05, 4.69) is 25.8 Å². The van der Waals surface area contributed by atoms with Gasteiger partial charge in [-0.1, -0.05) is 55.5 Å². The summed E-state index contributed by atoms with van der Waals surface area (Å²) in [7, 11) is 1.51. The third-order valence-electron chi connectivity index (χ3n) is 11.6. The maximum absolute atomic E-state index is 14.6. The molecule has 322 valence electrons. The molecule has 4 heterocycles. The third kappa shape index (κ3) is 11.1. The molecule has 2 aromatic carbocycles. The molecule has 3 saturated heterocycles. The van der Waals surface area contributed by atoms with Crippen LogP contribution >= 0.6 is 0 Å². The number of hydrogen-bond donors (Lipinski definition) is 3. The topological polar surface area (TPSA) is 199 Å². The Hall–Kier alpha value is -5.68. The fraction of sp³-hybridized carbons (Fsp3) is 0.535. The van der Waals surface area contributed by atoms with Crippen molar-refractivity contribution in [3.8, 4) is 0 Å². The average Bonchev–Trinajstić information content (AvgIpc) is 3.90. The Bertz CT molecular complexity index is 1910. The number of rotatable bonds is 10. The zero-order valence-corrected chi connectivity index (χ0v) is 34.5. The van der Waals surface area contributed by atoms with E-state index in [1.54, 1.807) is 54.6 Å². The van der Waals surface area contributed by atoms with Crippen molar-refractivity contribution in [3.05, 3.63) is 66.2 Å². The first-order chi connectivity index (χ1) is 28.9. The summed E-state index contributed by atoms with van der Waals surface area (Å²) in [5.74, 6) is -4.06. The van der Waals surface area contributed by atoms with Gasteiger partial charge in [-0.15, -0.1) is 0 Å². The lowest BCUT2D eigenvalue weighted by Gasteiger charge is -2.34. The van der Waals surface area contributed by atoms with E-state index in [-0.39, 0.29) is 50.4 Å². The Morgan fingerprint density at radius 3 is 2.32 bits per heavy atom. The summed E-state index contributed by atoms with van der Waals surface area (Å²) in [6, 6.07) is 11.3. The smallest absolute Gasteiger partial charge is 0.328 e. The molecule has 0 bridgehead atoms. The Morgan fingerprint density at radius 2 is 1.60 bits per heavy atom. The van der Waals surface area contributed by atoms with Crippen LogP contribution in [0.4, 0.5) is 10.5 Å². The summed E-state index contributed by atoms with van der Waals surface area (Å²) in [6.45, 7) is 6.45. The fourth-order valence-electron chi connectivity index (χ4n) is 8.30. The number of likely N-dealkylation sites (N-methyl/N-ethyl adjacent to an activating group) is 1. The van der Waals surface area contributed by atoms with Crippen LogP contribution in [-0.2, 0) is 44.7 Å². The number of esters is 1. The second kappa shape index (κ2) is 20.5. The zero-order chi connectivity index (χ0) is 42.8. The quantitative estimate of drug-likeness (QED) is 0.296. The van der Waals surface area contributed by atoms with Gasteiger partial charge in [0.1, 0.15) is 42.5 Å². The van der Waals surface area contributed by atoms with Gasteiger partial charge in [0.25, 0.3) is 11.8 Å². The molecular formula is C43H56N8O9. The summed E-state index contributed by atoms with van der Waals surface area (Å²) < 4.78 is 11.2. The number of aliphatic imine (C=N–C) groups is 1. The van der Waals surface area contributed by atoms with E-state index in [0.29, 0.717) is 38.3 Å². The Morgan fingerprint density at radius 1 is 0.900 bits per heavy atom. The van der Waals surface area contributed by atoms with Crippen LogP contribution in [0, 0.1) is 5.92 Å². The minimum absolute atomic E-state index is 0.0596. The minimum atomic E-state index is -1.47. The highest BCUT2D eigenvalue weighted by molar-refractivity contribution is 6.39. The highest BCUT2D eigenvalue weighted by Gasteiger charge is 2.44. The van der Waals surface area contributed by atoms with Crippen LogP contribution in [0.1, 0.15) is 51.5 Å². The van der Waals surface area contributed by atoms with Crippen molar-refractivity contribution in [2.24, 2.45) is 10.9 Å². The van der Waals surface area contributed by atoms with Crippen molar-refractivity contribution in [2.75, 3.05) is 64.9 Å². The number of hydrogen-bond acceptors (Lipinski definition) is 10. The van der Waals surface area contributed by atoms with Gasteiger partial charge in [-0.05, 0) is 69.2 Å². The number of carbonyl (C=O) groups is 7. The van der Waals surface area contributed by atoms with Gasteiger partial charge < -0.3 is 40.1 Å². The molecule has 2 aromatic rings. The molecule has 0 radical (unpaired) electrons. The van der Waals surface area contributed by atoms with Crippen LogP contribution in [0.3, 0.4) is 0 Å². The number of benzene rings is 2. The molecule has 0 aromatic heterocycles. The normalized spacial score (nSPS) is 25.2. The van der Waals surface area contributed by atoms with E-state index >= 15 is 0 Å². The predicted molar refractivity (Wildman–Crippen MR) is 221 cm³/mol. The van der Waals surface area contributed by atoms with E-state index in [9.17, 15) is 33.6 Å². The average molecular weight is 829 g/mol. The lowest BCUT2D eigenvalue weighted by molar-refractivity contribution is -0.156. The molecule has 6 atom stereocenters. The van der Waals surface area contributed by atoms with Crippen molar-refractivity contribution in [3.63, 3.8) is 0 Å². The number of carbonyl (C=O) groups excluding carboxylic acids is 7. The van der Waals surface area contributed by atoms with Gasteiger partial charge in [0.15, 0.2) is 0 Å². The number of fused-ring (bicyclic) bond motifs is 2. The lowest BCUT2D eigenvalue weighted by atomic mass is 10.0. The molecule has 3 N–H and O–H groups in total. The number of nitrogens with zero attached hydrogens (tertiary/aromatic N) is 5. The molecule has 6 rings (SSSR count). The molecule has 0 saturated carbocycles. The van der Waals surface area contributed by atoms with Gasteiger partial charge >= 0.3 is 12.0 Å². The molecule has 17 nitrogen and oxygen atoms in total. The van der Waals surface area contributed by atoms with Crippen LogP contribution in [0.25, 0.3) is 0 Å². The van der Waals surface area contributed by atoms with Gasteiger partial charge in [-0.3, -0.25) is 28.9 Å². The first-order valence-electron chi connectivity index (χ1n) is 20.8. The summed E-state index contributed by atoms with van der Waals surface area (Å²) in [5.41, 5.74) is 1.11. The molecule has 0 unspecified atom stereocenters. The van der Waals surface area contributed by atoms with Crippen molar-refractivity contribution in [1.82, 2.24) is 30.2 Å². The molecule has 17 heteroatoms. The van der Waals surface area contributed by atoms with Crippen LogP contribution in [0.2, 0.25) is 0 Å². The minimum Gasteiger partial charge on any atom is -0.461 e. The Balaban J connectivity index is 1.29. The Kier molecular flexibility index (Phi) is 15.0. The number of anilines is 1. The number of amides is 7. The van der Waals surface area contributed by atoms with E-state index in [1.165, 1.54) is 28.7 Å². The molecule has 7 amide bonds. The van der Waals surface area contributed by atoms with Gasteiger partial charge in [0, 0.05) is 45.3 Å². The highest BCUT2D eigenvalue weighted by Crippen LogP contribution is 2.26. The van der Waals surface area contributed by atoms with Crippen molar-refractivity contribution in [1.29, 1.82) is 0 Å². The SMILES string of the molecule is CC1=NC(=O)[C@H](CCCN2CCOCC2)N(C)C(=O)[C@@H]2CCCN2C(=O)[C@@H](NC(=O)[C@H](Cc2ccccc2)NC(=O)Nc2ccccc2)COC(=O)[C@@H]2C[C@@H](C)CN2C1=O. The number of urea groups is 1. The summed E-state index contributed by atoms with van der Waals surface area (Å²) in [5, 5.41) is 8.17. The summed E-state index contributed by atoms with van der Waals surface area (Å²) in [6.07, 6.45) is 1.89. The van der Waals surface area contributed by atoms with Crippen LogP contribution in [-0.4, -0.2) is 157 Å². The van der Waals surface area contributed by atoms with Crippen molar-refractivity contribution in [2.45, 2.75) is 82.6 Å². The van der Waals surface area contributed by atoms with Gasteiger partial charge in [-0.25, -0.2) is 14.6 Å². The summed E-state index contributed by atoms with van der Waals surface area (Å²) >= 11 is 0. The Labute approximate surface area is 350 Å². The second-order valence-corrected chi connectivity index (χ2v) is 16.0. The van der Waals surface area contributed by atoms with Crippen molar-refractivity contribution < 1.29 is 43.0 Å². The van der Waals surface area contributed by atoms with Crippen LogP contribution in [0.5, 0.6) is 0 Å². The highest BCUT2D eigenvalue weighted by atomic mass is 16.5. The molecule has 60 heavy (non-hydrogen) atoms. The van der Waals surface area contributed by atoms with E-state index in [4.69, 9.17) is 9.47 Å². The third-order valence-corrected chi connectivity index (χ3v) is 11.6. The number of para-hydroxylation sites is 1. The van der Waals surface area contributed by atoms with Gasteiger partial charge in [-0.2, -0.15) is 0 Å². The predicted octanol–water partition coefficient (Wildman–Crippen LogP) is 1.62. The number of morpholine rings is 1. The van der Waals surface area contributed by atoms with Gasteiger partial charge in [0.2, 0.25) is 17.7 Å².